The van der Waals surface area contributed by atoms with Crippen LogP contribution in [0.15, 0.2) is 29.1 Å². The summed E-state index contributed by atoms with van der Waals surface area (Å²) in [5.41, 5.74) is 1.35. The molecule has 1 aromatic carbocycles. The Bertz CT molecular complexity index is 970. The van der Waals surface area contributed by atoms with Gasteiger partial charge < -0.3 is 14.8 Å². The zero-order valence-electron chi connectivity index (χ0n) is 14.0. The van der Waals surface area contributed by atoms with E-state index in [0.29, 0.717) is 31.6 Å². The van der Waals surface area contributed by atoms with Crippen molar-refractivity contribution in [2.45, 2.75) is 18.9 Å². The van der Waals surface area contributed by atoms with Crippen molar-refractivity contribution in [3.63, 3.8) is 0 Å². The molecule has 0 aliphatic carbocycles. The maximum absolute atomic E-state index is 12.6. The third kappa shape index (κ3) is 2.95. The average molecular weight is 334 g/mol. The molecule has 1 fully saturated rings. The van der Waals surface area contributed by atoms with E-state index in [1.165, 1.54) is 4.57 Å². The van der Waals surface area contributed by atoms with Crippen LogP contribution in [0.2, 0.25) is 0 Å². The first-order valence-corrected chi connectivity index (χ1v) is 8.10. The fourth-order valence-electron chi connectivity index (χ4n) is 3.38. The Hall–Kier alpha value is -3.25. The summed E-state index contributed by atoms with van der Waals surface area (Å²) in [4.78, 5) is 26.0. The van der Waals surface area contributed by atoms with Crippen LogP contribution in [0, 0.1) is 23.7 Å². The SMILES string of the molecule is C#CC(=O)NC1CCN(c2c(C#N)c(=O)n(C)c3ccccc23)CC1. The van der Waals surface area contributed by atoms with Crippen LogP contribution in [-0.4, -0.2) is 29.6 Å². The van der Waals surface area contributed by atoms with Gasteiger partial charge in [0.05, 0.1) is 11.2 Å². The highest BCUT2D eigenvalue weighted by atomic mass is 16.1. The van der Waals surface area contributed by atoms with E-state index in [2.05, 4.69) is 22.2 Å². The number of para-hydroxylation sites is 1. The number of benzene rings is 1. The van der Waals surface area contributed by atoms with Gasteiger partial charge in [0.25, 0.3) is 11.5 Å². The highest BCUT2D eigenvalue weighted by Crippen LogP contribution is 2.30. The second-order valence-corrected chi connectivity index (χ2v) is 6.10. The molecule has 126 valence electrons. The Morgan fingerprint density at radius 1 is 1.32 bits per heavy atom. The maximum atomic E-state index is 12.6. The minimum absolute atomic E-state index is 0.0168. The largest absolute Gasteiger partial charge is 0.370 e. The van der Waals surface area contributed by atoms with Crippen LogP contribution < -0.4 is 15.8 Å². The molecule has 0 unspecified atom stereocenters. The lowest BCUT2D eigenvalue weighted by molar-refractivity contribution is -0.116. The van der Waals surface area contributed by atoms with E-state index < -0.39 is 5.91 Å². The van der Waals surface area contributed by atoms with E-state index >= 15 is 0 Å². The van der Waals surface area contributed by atoms with Gasteiger partial charge in [-0.25, -0.2) is 0 Å². The standard InChI is InChI=1S/C19H18N4O2/c1-3-17(24)21-13-8-10-23(11-9-13)18-14-6-4-5-7-16(14)22(2)19(25)15(18)12-20/h1,4-7,13H,8-11H2,2H3,(H,21,24). The number of hydrogen-bond acceptors (Lipinski definition) is 4. The van der Waals surface area contributed by atoms with Gasteiger partial charge in [-0.05, 0) is 24.8 Å². The molecule has 1 amide bonds. The van der Waals surface area contributed by atoms with E-state index in [1.54, 1.807) is 7.05 Å². The fourth-order valence-corrected chi connectivity index (χ4v) is 3.38. The molecule has 0 atom stereocenters. The van der Waals surface area contributed by atoms with Gasteiger partial charge in [-0.15, -0.1) is 6.42 Å². The van der Waals surface area contributed by atoms with Crippen molar-refractivity contribution < 1.29 is 4.79 Å². The highest BCUT2D eigenvalue weighted by Gasteiger charge is 2.25. The molecule has 1 aliphatic heterocycles. The van der Waals surface area contributed by atoms with E-state index in [0.717, 1.165) is 10.9 Å². The van der Waals surface area contributed by atoms with E-state index in [4.69, 9.17) is 6.42 Å². The highest BCUT2D eigenvalue weighted by molar-refractivity contribution is 5.95. The summed E-state index contributed by atoms with van der Waals surface area (Å²) < 4.78 is 1.51. The summed E-state index contributed by atoms with van der Waals surface area (Å²) in [6.07, 6.45) is 6.51. The summed E-state index contributed by atoms with van der Waals surface area (Å²) in [5.74, 6) is 1.65. The van der Waals surface area contributed by atoms with Crippen molar-refractivity contribution in [1.29, 1.82) is 5.26 Å². The first-order valence-electron chi connectivity index (χ1n) is 8.10. The number of pyridine rings is 1. The van der Waals surface area contributed by atoms with Crippen LogP contribution in [0.3, 0.4) is 0 Å². The molecule has 0 spiro atoms. The van der Waals surface area contributed by atoms with E-state index in [1.807, 2.05) is 24.3 Å². The molecule has 0 bridgehead atoms. The Morgan fingerprint density at radius 2 is 2.00 bits per heavy atom. The number of nitrogens with one attached hydrogen (secondary N) is 1. The van der Waals surface area contributed by atoms with E-state index in [-0.39, 0.29) is 17.2 Å². The lowest BCUT2D eigenvalue weighted by Gasteiger charge is -2.34. The third-order valence-corrected chi connectivity index (χ3v) is 4.67. The Morgan fingerprint density at radius 3 is 2.64 bits per heavy atom. The zero-order chi connectivity index (χ0) is 18.0. The Kier molecular flexibility index (Phi) is 4.45. The number of anilines is 1. The van der Waals surface area contributed by atoms with Gasteiger partial charge in [-0.1, -0.05) is 18.2 Å². The third-order valence-electron chi connectivity index (χ3n) is 4.67. The van der Waals surface area contributed by atoms with Gasteiger partial charge in [0.2, 0.25) is 0 Å². The number of aryl methyl sites for hydroxylation is 1. The predicted octanol–water partition coefficient (Wildman–Crippen LogP) is 1.13. The summed E-state index contributed by atoms with van der Waals surface area (Å²) in [6, 6.07) is 9.67. The second-order valence-electron chi connectivity index (χ2n) is 6.10. The number of aromatic nitrogens is 1. The number of hydrogen-bond donors (Lipinski definition) is 1. The predicted molar refractivity (Wildman–Crippen MR) is 96.1 cm³/mol. The molecule has 6 heteroatoms. The molecule has 1 aromatic heterocycles. The van der Waals surface area contributed by atoms with Crippen LogP contribution in [0.4, 0.5) is 5.69 Å². The molecular formula is C19H18N4O2. The number of carbonyl (C=O) groups is 1. The van der Waals surface area contributed by atoms with Crippen LogP contribution in [0.25, 0.3) is 10.9 Å². The lowest BCUT2D eigenvalue weighted by atomic mass is 10.0. The number of amides is 1. The normalized spacial score (nSPS) is 14.8. The first kappa shape index (κ1) is 16.6. The van der Waals surface area contributed by atoms with Gasteiger partial charge in [0, 0.05) is 31.6 Å². The number of nitriles is 1. The Balaban J connectivity index is 1.99. The van der Waals surface area contributed by atoms with Gasteiger partial charge in [-0.3, -0.25) is 9.59 Å². The lowest BCUT2D eigenvalue weighted by Crippen LogP contribution is -2.45. The minimum Gasteiger partial charge on any atom is -0.370 e. The average Bonchev–Trinajstić information content (AvgIpc) is 2.65. The number of fused-ring (bicyclic) bond motifs is 1. The number of piperidine rings is 1. The smallest absolute Gasteiger partial charge is 0.295 e. The molecule has 1 N–H and O–H groups in total. The van der Waals surface area contributed by atoms with Crippen LogP contribution in [0.5, 0.6) is 0 Å². The van der Waals surface area contributed by atoms with Crippen molar-refractivity contribution in [3.8, 4) is 18.4 Å². The van der Waals surface area contributed by atoms with E-state index in [9.17, 15) is 14.9 Å². The topological polar surface area (TPSA) is 78.1 Å². The molecule has 0 radical (unpaired) electrons. The molecule has 1 aliphatic rings. The van der Waals surface area contributed by atoms with Crippen molar-refractivity contribution >= 4 is 22.5 Å². The summed E-state index contributed by atoms with van der Waals surface area (Å²) >= 11 is 0. The molecule has 25 heavy (non-hydrogen) atoms. The number of carbonyl (C=O) groups excluding carboxylic acids is 1. The molecule has 1 saturated heterocycles. The summed E-state index contributed by atoms with van der Waals surface area (Å²) in [5, 5.41) is 13.2. The van der Waals surface area contributed by atoms with Crippen LogP contribution in [0.1, 0.15) is 18.4 Å². The Labute approximate surface area is 145 Å². The molecule has 0 saturated carbocycles. The van der Waals surface area contributed by atoms with Gasteiger partial charge in [-0.2, -0.15) is 5.26 Å². The number of terminal acetylenes is 1. The summed E-state index contributed by atoms with van der Waals surface area (Å²) in [7, 11) is 1.68. The first-order chi connectivity index (χ1) is 12.1. The molecule has 6 nitrogen and oxygen atoms in total. The van der Waals surface area contributed by atoms with Gasteiger partial charge in [0.1, 0.15) is 11.6 Å². The summed E-state index contributed by atoms with van der Waals surface area (Å²) in [6.45, 7) is 1.28. The molecular weight excluding hydrogens is 316 g/mol. The quantitative estimate of drug-likeness (QED) is 0.835. The van der Waals surface area contributed by atoms with Gasteiger partial charge >= 0.3 is 0 Å². The fraction of sp³-hybridized carbons (Fsp3) is 0.316. The molecule has 3 rings (SSSR count). The molecule has 2 aromatic rings. The minimum atomic E-state index is -0.407. The van der Waals surface area contributed by atoms with Gasteiger partial charge in [0.15, 0.2) is 0 Å². The number of rotatable bonds is 2. The van der Waals surface area contributed by atoms with Crippen LogP contribution in [-0.2, 0) is 11.8 Å². The van der Waals surface area contributed by atoms with Crippen molar-refractivity contribution in [2.75, 3.05) is 18.0 Å². The number of nitrogens with zero attached hydrogens (tertiary/aromatic N) is 3. The van der Waals surface area contributed by atoms with Crippen LogP contribution >= 0.6 is 0 Å². The van der Waals surface area contributed by atoms with Crippen molar-refractivity contribution in [3.05, 3.63) is 40.2 Å². The monoisotopic (exact) mass is 334 g/mol. The maximum Gasteiger partial charge on any atom is 0.295 e. The second kappa shape index (κ2) is 6.70. The zero-order valence-corrected chi connectivity index (χ0v) is 14.0. The van der Waals surface area contributed by atoms with Crippen molar-refractivity contribution in [2.24, 2.45) is 7.05 Å². The van der Waals surface area contributed by atoms with Crippen molar-refractivity contribution in [1.82, 2.24) is 9.88 Å². The molecule has 2 heterocycles.